The van der Waals surface area contributed by atoms with Crippen molar-refractivity contribution in [1.82, 2.24) is 5.32 Å². The van der Waals surface area contributed by atoms with Crippen LogP contribution in [-0.4, -0.2) is 13.1 Å². The number of rotatable bonds is 22. The summed E-state index contributed by atoms with van der Waals surface area (Å²) in [6.07, 6.45) is 29.9. The second-order valence-corrected chi connectivity index (χ2v) is 8.76. The van der Waals surface area contributed by atoms with Gasteiger partial charge in [0.2, 0.25) is 0 Å². The Morgan fingerprint density at radius 2 is 0.469 bits per heavy atom. The van der Waals surface area contributed by atoms with Gasteiger partial charge in [-0.2, -0.15) is 0 Å². The van der Waals surface area contributed by atoms with E-state index in [0.717, 1.165) is 0 Å². The Kier molecular flexibility index (Phi) is 68.8. The van der Waals surface area contributed by atoms with Gasteiger partial charge < -0.3 is 5.32 Å². The van der Waals surface area contributed by atoms with Crippen molar-refractivity contribution in [2.45, 2.75) is 192 Å². The molecule has 0 fully saturated rings. The molecule has 0 saturated carbocycles. The summed E-state index contributed by atoms with van der Waals surface area (Å²) >= 11 is 0. The van der Waals surface area contributed by atoms with E-state index in [1.54, 1.807) is 0 Å². The largest absolute Gasteiger partial charge is 0.317 e. The SMILES string of the molecule is C.C.C.C.CCCCCCCCCCCCCC.CCCCCCCNCCCCCC. The van der Waals surface area contributed by atoms with E-state index in [1.807, 2.05) is 0 Å². The summed E-state index contributed by atoms with van der Waals surface area (Å²) in [6.45, 7) is 11.6. The highest BCUT2D eigenvalue weighted by molar-refractivity contribution is 4.50. The van der Waals surface area contributed by atoms with Crippen LogP contribution < -0.4 is 5.32 Å². The molecule has 1 N–H and O–H groups in total. The minimum absolute atomic E-state index is 0. The summed E-state index contributed by atoms with van der Waals surface area (Å²) in [7, 11) is 0. The number of unbranched alkanes of at least 4 members (excludes halogenated alkanes) is 18. The zero-order valence-electron chi connectivity index (χ0n) is 20.8. The van der Waals surface area contributed by atoms with E-state index < -0.39 is 0 Å². The van der Waals surface area contributed by atoms with Crippen molar-refractivity contribution < 1.29 is 0 Å². The van der Waals surface area contributed by atoms with Crippen molar-refractivity contribution in [1.29, 1.82) is 0 Å². The lowest BCUT2D eigenvalue weighted by Crippen LogP contribution is -2.16. The quantitative estimate of drug-likeness (QED) is 0.158. The molecule has 1 nitrogen and oxygen atoms in total. The summed E-state index contributed by atoms with van der Waals surface area (Å²) in [6, 6.07) is 0. The normalized spacial score (nSPS) is 9.38. The highest BCUT2D eigenvalue weighted by Crippen LogP contribution is 2.11. The molecular weight excluding hydrogens is 386 g/mol. The van der Waals surface area contributed by atoms with Gasteiger partial charge in [0.15, 0.2) is 0 Å². The maximum atomic E-state index is 3.52. The fourth-order valence-electron chi connectivity index (χ4n) is 3.57. The van der Waals surface area contributed by atoms with Crippen molar-refractivity contribution in [3.05, 3.63) is 0 Å². The average molecular weight is 462 g/mol. The van der Waals surface area contributed by atoms with Crippen molar-refractivity contribution in [2.24, 2.45) is 0 Å². The monoisotopic (exact) mass is 462 g/mol. The fraction of sp³-hybridized carbons (Fsp3) is 1.00. The van der Waals surface area contributed by atoms with Gasteiger partial charge in [-0.3, -0.25) is 0 Å². The summed E-state index contributed by atoms with van der Waals surface area (Å²) in [5.74, 6) is 0. The van der Waals surface area contributed by atoms with E-state index in [0.29, 0.717) is 0 Å². The Labute approximate surface area is 210 Å². The molecular formula is C31H75N. The molecule has 32 heavy (non-hydrogen) atoms. The van der Waals surface area contributed by atoms with Crippen LogP contribution in [0, 0.1) is 0 Å². The number of hydrogen-bond acceptors (Lipinski definition) is 1. The lowest BCUT2D eigenvalue weighted by Gasteiger charge is -2.03. The molecule has 0 unspecified atom stereocenters. The zero-order chi connectivity index (χ0) is 21.0. The smallest absolute Gasteiger partial charge is 0.00489 e. The predicted molar refractivity (Wildman–Crippen MR) is 159 cm³/mol. The molecule has 0 aromatic carbocycles. The highest BCUT2D eigenvalue weighted by atomic mass is 14.8. The molecule has 0 atom stereocenters. The van der Waals surface area contributed by atoms with E-state index in [4.69, 9.17) is 0 Å². The molecule has 0 rings (SSSR count). The van der Waals surface area contributed by atoms with Crippen LogP contribution in [0.5, 0.6) is 0 Å². The number of hydrogen-bond donors (Lipinski definition) is 1. The minimum atomic E-state index is 0. The first-order chi connectivity index (χ1) is 13.8. The van der Waals surface area contributed by atoms with Gasteiger partial charge in [0.05, 0.1) is 0 Å². The molecule has 0 aromatic rings. The lowest BCUT2D eigenvalue weighted by molar-refractivity contribution is 0.548. The molecule has 0 amide bonds. The first kappa shape index (κ1) is 45.5. The Bertz CT molecular complexity index is 178. The number of nitrogens with one attached hydrogen (secondary N) is 1. The molecule has 1 heteroatoms. The summed E-state index contributed by atoms with van der Waals surface area (Å²) in [4.78, 5) is 0. The topological polar surface area (TPSA) is 12.0 Å². The second kappa shape index (κ2) is 48.4. The molecule has 204 valence electrons. The van der Waals surface area contributed by atoms with Crippen LogP contribution in [0.15, 0.2) is 0 Å². The van der Waals surface area contributed by atoms with Crippen molar-refractivity contribution in [3.63, 3.8) is 0 Å². The second-order valence-electron chi connectivity index (χ2n) is 8.76. The van der Waals surface area contributed by atoms with Gasteiger partial charge in [0.1, 0.15) is 0 Å². The molecule has 0 aliphatic rings. The molecule has 0 radical (unpaired) electrons. The van der Waals surface area contributed by atoms with E-state index in [2.05, 4.69) is 33.0 Å². The van der Waals surface area contributed by atoms with Crippen molar-refractivity contribution in [2.75, 3.05) is 13.1 Å². The molecule has 0 spiro atoms. The van der Waals surface area contributed by atoms with Gasteiger partial charge in [0, 0.05) is 0 Å². The van der Waals surface area contributed by atoms with Crippen molar-refractivity contribution in [3.8, 4) is 0 Å². The highest BCUT2D eigenvalue weighted by Gasteiger charge is 1.92. The molecule has 0 aliphatic heterocycles. The summed E-state index contributed by atoms with van der Waals surface area (Å²) in [5, 5.41) is 3.52. The van der Waals surface area contributed by atoms with Gasteiger partial charge >= 0.3 is 0 Å². The van der Waals surface area contributed by atoms with Crippen LogP contribution in [0.1, 0.15) is 192 Å². The Hall–Kier alpha value is -0.0400. The molecule has 0 bridgehead atoms. The third kappa shape index (κ3) is 52.1. The first-order valence-corrected chi connectivity index (χ1v) is 13.5. The Balaban J connectivity index is -0.0000000939. The Morgan fingerprint density at radius 1 is 0.281 bits per heavy atom. The van der Waals surface area contributed by atoms with Crippen LogP contribution in [0.25, 0.3) is 0 Å². The fourth-order valence-corrected chi connectivity index (χ4v) is 3.57. The van der Waals surface area contributed by atoms with Crippen LogP contribution in [0.2, 0.25) is 0 Å². The molecule has 0 aromatic heterocycles. The van der Waals surface area contributed by atoms with E-state index in [-0.39, 0.29) is 29.7 Å². The maximum Gasteiger partial charge on any atom is -0.00489 e. The van der Waals surface area contributed by atoms with Gasteiger partial charge in [-0.25, -0.2) is 0 Å². The summed E-state index contributed by atoms with van der Waals surface area (Å²) < 4.78 is 0. The van der Waals surface area contributed by atoms with E-state index >= 15 is 0 Å². The van der Waals surface area contributed by atoms with Crippen LogP contribution in [0.4, 0.5) is 0 Å². The van der Waals surface area contributed by atoms with Gasteiger partial charge in [-0.1, -0.05) is 179 Å². The van der Waals surface area contributed by atoms with E-state index in [9.17, 15) is 0 Å². The van der Waals surface area contributed by atoms with Crippen LogP contribution in [-0.2, 0) is 0 Å². The molecule has 0 aliphatic carbocycles. The van der Waals surface area contributed by atoms with Crippen molar-refractivity contribution >= 4 is 0 Å². The molecule has 0 saturated heterocycles. The zero-order valence-corrected chi connectivity index (χ0v) is 20.8. The van der Waals surface area contributed by atoms with E-state index in [1.165, 1.54) is 148 Å². The molecule has 0 heterocycles. The third-order valence-corrected chi connectivity index (χ3v) is 5.62. The first-order valence-electron chi connectivity index (χ1n) is 13.5. The van der Waals surface area contributed by atoms with Crippen LogP contribution in [0.3, 0.4) is 0 Å². The van der Waals surface area contributed by atoms with Gasteiger partial charge in [0.25, 0.3) is 0 Å². The standard InChI is InChI=1S/C14H30.C13H29N.4CH4/c2*1-3-5-7-9-11-13-14-12-10-8-6-4-2;;;;/h3-14H2,1-2H3;14H,3-13H2,1-2H3;4*1H4. The van der Waals surface area contributed by atoms with Crippen LogP contribution >= 0.6 is 0 Å². The van der Waals surface area contributed by atoms with Gasteiger partial charge in [-0.05, 0) is 25.9 Å². The third-order valence-electron chi connectivity index (χ3n) is 5.62. The van der Waals surface area contributed by atoms with Gasteiger partial charge in [-0.15, -0.1) is 0 Å². The Morgan fingerprint density at radius 3 is 0.719 bits per heavy atom. The maximum absolute atomic E-state index is 3.52. The average Bonchev–Trinajstić information content (AvgIpc) is 2.71. The predicted octanol–water partition coefficient (Wildman–Crippen LogP) is 12.4. The summed E-state index contributed by atoms with van der Waals surface area (Å²) in [5.41, 5.74) is 0. The lowest BCUT2D eigenvalue weighted by atomic mass is 10.1. The minimum Gasteiger partial charge on any atom is -0.317 e.